The SMILES string of the molecule is CC(C)c1cc(Br)ccc1OCCCCC(C)(C)C(=N)N. The number of unbranched alkanes of at least 4 members (excludes halogenated alkanes) is 1. The van der Waals surface area contributed by atoms with Gasteiger partial charge >= 0.3 is 0 Å². The summed E-state index contributed by atoms with van der Waals surface area (Å²) >= 11 is 3.51. The lowest BCUT2D eigenvalue weighted by Gasteiger charge is -2.22. The van der Waals surface area contributed by atoms with Crippen molar-refractivity contribution in [1.82, 2.24) is 0 Å². The Morgan fingerprint density at radius 1 is 1.33 bits per heavy atom. The summed E-state index contributed by atoms with van der Waals surface area (Å²) in [6.07, 6.45) is 2.91. The van der Waals surface area contributed by atoms with Gasteiger partial charge in [0.25, 0.3) is 0 Å². The highest BCUT2D eigenvalue weighted by Crippen LogP contribution is 2.30. The third-order valence-electron chi connectivity index (χ3n) is 3.78. The van der Waals surface area contributed by atoms with Crippen molar-refractivity contribution in [2.45, 2.75) is 52.9 Å². The number of nitrogens with one attached hydrogen (secondary N) is 1. The lowest BCUT2D eigenvalue weighted by molar-refractivity contribution is 0.292. The molecule has 118 valence electrons. The van der Waals surface area contributed by atoms with Crippen LogP contribution in [0.1, 0.15) is 58.4 Å². The van der Waals surface area contributed by atoms with Gasteiger partial charge in [-0.2, -0.15) is 0 Å². The Kier molecular flexibility index (Phi) is 6.72. The van der Waals surface area contributed by atoms with Gasteiger partial charge in [-0.25, -0.2) is 0 Å². The summed E-state index contributed by atoms with van der Waals surface area (Å²) < 4.78 is 7.01. The monoisotopic (exact) mass is 354 g/mol. The number of benzene rings is 1. The van der Waals surface area contributed by atoms with Crippen LogP contribution in [0.4, 0.5) is 0 Å². The van der Waals surface area contributed by atoms with E-state index in [2.05, 4.69) is 35.8 Å². The molecule has 0 saturated carbocycles. The molecule has 0 unspecified atom stereocenters. The molecule has 0 amide bonds. The summed E-state index contributed by atoms with van der Waals surface area (Å²) in [6, 6.07) is 6.16. The Morgan fingerprint density at radius 3 is 2.57 bits per heavy atom. The van der Waals surface area contributed by atoms with Gasteiger partial charge in [0, 0.05) is 9.89 Å². The van der Waals surface area contributed by atoms with Crippen molar-refractivity contribution in [3.63, 3.8) is 0 Å². The zero-order valence-electron chi connectivity index (χ0n) is 13.5. The first-order valence-corrected chi connectivity index (χ1v) is 8.30. The van der Waals surface area contributed by atoms with Gasteiger partial charge in [0.15, 0.2) is 0 Å². The Balaban J connectivity index is 2.45. The summed E-state index contributed by atoms with van der Waals surface area (Å²) in [5, 5.41) is 7.55. The first kappa shape index (κ1) is 18.0. The quantitative estimate of drug-likeness (QED) is 0.388. The topological polar surface area (TPSA) is 59.1 Å². The molecule has 0 aromatic heterocycles. The highest BCUT2D eigenvalue weighted by Gasteiger charge is 2.20. The summed E-state index contributed by atoms with van der Waals surface area (Å²) in [6.45, 7) is 9.08. The van der Waals surface area contributed by atoms with E-state index in [-0.39, 0.29) is 11.3 Å². The number of hydrogen-bond acceptors (Lipinski definition) is 2. The van der Waals surface area contributed by atoms with Crippen molar-refractivity contribution in [3.05, 3.63) is 28.2 Å². The van der Waals surface area contributed by atoms with E-state index in [1.165, 1.54) is 5.56 Å². The molecule has 1 aromatic carbocycles. The first-order chi connectivity index (χ1) is 9.74. The molecule has 0 aliphatic carbocycles. The van der Waals surface area contributed by atoms with Crippen molar-refractivity contribution < 1.29 is 4.74 Å². The summed E-state index contributed by atoms with van der Waals surface area (Å²) in [4.78, 5) is 0. The predicted octanol–water partition coefficient (Wildman–Crippen LogP) is 5.08. The van der Waals surface area contributed by atoms with Gasteiger partial charge in [-0.15, -0.1) is 0 Å². The average Bonchev–Trinajstić information content (AvgIpc) is 2.39. The minimum absolute atomic E-state index is 0.208. The maximum absolute atomic E-state index is 7.55. The second-order valence-corrected chi connectivity index (χ2v) is 7.36. The molecule has 0 saturated heterocycles. The van der Waals surface area contributed by atoms with Crippen LogP contribution in [0.3, 0.4) is 0 Å². The van der Waals surface area contributed by atoms with Crippen molar-refractivity contribution in [1.29, 1.82) is 5.41 Å². The van der Waals surface area contributed by atoms with Crippen LogP contribution in [0.5, 0.6) is 5.75 Å². The molecule has 4 heteroatoms. The third-order valence-corrected chi connectivity index (χ3v) is 4.27. The molecule has 3 N–H and O–H groups in total. The molecule has 0 heterocycles. The molecule has 0 spiro atoms. The maximum atomic E-state index is 7.55. The summed E-state index contributed by atoms with van der Waals surface area (Å²) in [5.74, 6) is 1.67. The fourth-order valence-electron chi connectivity index (χ4n) is 2.09. The Morgan fingerprint density at radius 2 is 2.00 bits per heavy atom. The van der Waals surface area contributed by atoms with Crippen LogP contribution in [0, 0.1) is 10.8 Å². The van der Waals surface area contributed by atoms with Gasteiger partial charge in [0.05, 0.1) is 12.4 Å². The van der Waals surface area contributed by atoms with Crippen molar-refractivity contribution in [2.24, 2.45) is 11.1 Å². The van der Waals surface area contributed by atoms with Crippen LogP contribution in [0.15, 0.2) is 22.7 Å². The second kappa shape index (κ2) is 7.83. The van der Waals surface area contributed by atoms with Crippen LogP contribution in [0.25, 0.3) is 0 Å². The molecule has 0 radical (unpaired) electrons. The predicted molar refractivity (Wildman–Crippen MR) is 93.3 cm³/mol. The fourth-order valence-corrected chi connectivity index (χ4v) is 2.47. The molecule has 1 aromatic rings. The molecule has 21 heavy (non-hydrogen) atoms. The molecule has 0 aliphatic rings. The maximum Gasteiger partial charge on any atom is 0.122 e. The zero-order valence-corrected chi connectivity index (χ0v) is 15.1. The highest BCUT2D eigenvalue weighted by molar-refractivity contribution is 9.10. The molecule has 0 atom stereocenters. The molecule has 3 nitrogen and oxygen atoms in total. The number of nitrogens with two attached hydrogens (primary N) is 1. The van der Waals surface area contributed by atoms with Gasteiger partial charge < -0.3 is 10.5 Å². The minimum atomic E-state index is -0.208. The molecular formula is C17H27BrN2O. The molecule has 1 rings (SSSR count). The van der Waals surface area contributed by atoms with Gasteiger partial charge in [0.2, 0.25) is 0 Å². The molecule has 0 aliphatic heterocycles. The lowest BCUT2D eigenvalue weighted by atomic mass is 9.86. The van der Waals surface area contributed by atoms with E-state index in [4.69, 9.17) is 15.9 Å². The van der Waals surface area contributed by atoms with Crippen molar-refractivity contribution in [2.75, 3.05) is 6.61 Å². The summed E-state index contributed by atoms with van der Waals surface area (Å²) in [7, 11) is 0. The minimum Gasteiger partial charge on any atom is -0.493 e. The summed E-state index contributed by atoms with van der Waals surface area (Å²) in [5.41, 5.74) is 6.61. The lowest BCUT2D eigenvalue weighted by Crippen LogP contribution is -2.30. The molecule has 0 bridgehead atoms. The number of ether oxygens (including phenoxy) is 1. The number of halogens is 1. The number of rotatable bonds is 8. The van der Waals surface area contributed by atoms with E-state index in [1.807, 2.05) is 26.0 Å². The van der Waals surface area contributed by atoms with E-state index in [1.54, 1.807) is 0 Å². The fraction of sp³-hybridized carbons (Fsp3) is 0.588. The smallest absolute Gasteiger partial charge is 0.122 e. The number of hydrogen-bond donors (Lipinski definition) is 2. The molecular weight excluding hydrogens is 328 g/mol. The normalized spacial score (nSPS) is 11.7. The zero-order chi connectivity index (χ0) is 16.0. The van der Waals surface area contributed by atoms with E-state index in [9.17, 15) is 0 Å². The van der Waals surface area contributed by atoms with Crippen LogP contribution < -0.4 is 10.5 Å². The second-order valence-electron chi connectivity index (χ2n) is 6.44. The van der Waals surface area contributed by atoms with Crippen molar-refractivity contribution >= 4 is 21.8 Å². The number of amidine groups is 1. The van der Waals surface area contributed by atoms with Gasteiger partial charge in [-0.3, -0.25) is 5.41 Å². The van der Waals surface area contributed by atoms with Gasteiger partial charge in [-0.1, -0.05) is 43.6 Å². The first-order valence-electron chi connectivity index (χ1n) is 7.51. The molecule has 0 fully saturated rings. The van der Waals surface area contributed by atoms with Crippen LogP contribution >= 0.6 is 15.9 Å². The standard InChI is InChI=1S/C17H27BrN2O/c1-12(2)14-11-13(18)7-8-15(14)21-10-6-5-9-17(3,4)16(19)20/h7-8,11-12H,5-6,9-10H2,1-4H3,(H3,19,20). The largest absolute Gasteiger partial charge is 0.493 e. The van der Waals surface area contributed by atoms with Crippen molar-refractivity contribution in [3.8, 4) is 5.75 Å². The van der Waals surface area contributed by atoms with E-state index in [0.29, 0.717) is 12.5 Å². The van der Waals surface area contributed by atoms with E-state index < -0.39 is 0 Å². The highest BCUT2D eigenvalue weighted by atomic mass is 79.9. The van der Waals surface area contributed by atoms with Gasteiger partial charge in [0.1, 0.15) is 5.75 Å². The third kappa shape index (κ3) is 5.70. The Hall–Kier alpha value is -1.03. The Labute approximate surface area is 136 Å². The van der Waals surface area contributed by atoms with Crippen LogP contribution in [0.2, 0.25) is 0 Å². The van der Waals surface area contributed by atoms with Crippen LogP contribution in [-0.2, 0) is 0 Å². The Bertz CT molecular complexity index is 484. The average molecular weight is 355 g/mol. The van der Waals surface area contributed by atoms with E-state index >= 15 is 0 Å². The van der Waals surface area contributed by atoms with Gasteiger partial charge in [-0.05, 0) is 48.9 Å². The van der Waals surface area contributed by atoms with E-state index in [0.717, 1.165) is 29.5 Å². The van der Waals surface area contributed by atoms with Crippen LogP contribution in [-0.4, -0.2) is 12.4 Å².